The first-order valence-corrected chi connectivity index (χ1v) is 11.4. The number of sulfonamides is 1. The Hall–Kier alpha value is -3.17. The van der Waals surface area contributed by atoms with Gasteiger partial charge in [0.2, 0.25) is 5.91 Å². The van der Waals surface area contributed by atoms with E-state index in [2.05, 4.69) is 15.0 Å². The Morgan fingerprint density at radius 1 is 1.03 bits per heavy atom. The molecule has 0 bridgehead atoms. The predicted octanol–water partition coefficient (Wildman–Crippen LogP) is 4.27. The summed E-state index contributed by atoms with van der Waals surface area (Å²) in [5.74, 6) is -0.206. The van der Waals surface area contributed by atoms with Gasteiger partial charge in [-0.3, -0.25) is 9.52 Å². The van der Waals surface area contributed by atoms with Crippen molar-refractivity contribution in [3.63, 3.8) is 0 Å². The van der Waals surface area contributed by atoms with Gasteiger partial charge in [-0.2, -0.15) is 0 Å². The summed E-state index contributed by atoms with van der Waals surface area (Å²) >= 11 is 1.29. The van der Waals surface area contributed by atoms with E-state index in [1.54, 1.807) is 30.3 Å². The van der Waals surface area contributed by atoms with Crippen LogP contribution in [-0.4, -0.2) is 33.4 Å². The Labute approximate surface area is 178 Å². The number of thiazole rings is 1. The van der Waals surface area contributed by atoms with Gasteiger partial charge in [0.15, 0.2) is 5.13 Å². The van der Waals surface area contributed by atoms with Gasteiger partial charge in [0.1, 0.15) is 0 Å². The molecular weight excluding hydrogens is 420 g/mol. The first kappa shape index (κ1) is 20.1. The minimum absolute atomic E-state index is 0.206. The topological polar surface area (TPSA) is 91.4 Å². The number of nitrogens with zero attached hydrogens (tertiary/aromatic N) is 2. The number of rotatable bonds is 5. The van der Waals surface area contributed by atoms with Gasteiger partial charge in [-0.15, -0.1) is 0 Å². The van der Waals surface area contributed by atoms with Crippen molar-refractivity contribution < 1.29 is 13.2 Å². The lowest BCUT2D eigenvalue weighted by atomic mass is 10.1. The highest BCUT2D eigenvalue weighted by atomic mass is 32.2. The molecule has 0 radical (unpaired) electrons. The Morgan fingerprint density at radius 2 is 1.77 bits per heavy atom. The van der Waals surface area contributed by atoms with Crippen LogP contribution >= 0.6 is 11.3 Å². The van der Waals surface area contributed by atoms with Crippen molar-refractivity contribution in [1.82, 2.24) is 4.98 Å². The number of amides is 1. The van der Waals surface area contributed by atoms with Crippen LogP contribution in [0.3, 0.4) is 0 Å². The van der Waals surface area contributed by atoms with E-state index in [0.29, 0.717) is 21.7 Å². The standard InChI is InChI=1S/C21H20N4O3S2/c1-13(26)22-21-23-17-11-10-14(12-19(17)29-21)24-30(27,28)20-9-5-6-15-16(20)7-4-8-18(15)25(2)3/h4-12,24H,1-3H3,(H,22,23,26). The van der Waals surface area contributed by atoms with E-state index in [-0.39, 0.29) is 10.8 Å². The molecule has 30 heavy (non-hydrogen) atoms. The number of anilines is 3. The molecule has 4 rings (SSSR count). The Balaban J connectivity index is 1.73. The number of aromatic nitrogens is 1. The van der Waals surface area contributed by atoms with Crippen LogP contribution in [0, 0.1) is 0 Å². The summed E-state index contributed by atoms with van der Waals surface area (Å²) in [6.45, 7) is 1.41. The molecule has 0 saturated heterocycles. The molecule has 1 aromatic heterocycles. The van der Waals surface area contributed by atoms with Gasteiger partial charge in [-0.05, 0) is 30.3 Å². The lowest BCUT2D eigenvalue weighted by Crippen LogP contribution is -2.14. The maximum atomic E-state index is 13.2. The third-order valence-electron chi connectivity index (χ3n) is 4.55. The van der Waals surface area contributed by atoms with Gasteiger partial charge in [0.05, 0.1) is 20.8 Å². The van der Waals surface area contributed by atoms with Crippen molar-refractivity contribution in [2.24, 2.45) is 0 Å². The third kappa shape index (κ3) is 3.81. The molecule has 0 spiro atoms. The van der Waals surface area contributed by atoms with Crippen LogP contribution in [-0.2, 0) is 14.8 Å². The quantitative estimate of drug-likeness (QED) is 0.483. The van der Waals surface area contributed by atoms with Crippen LogP contribution in [0.1, 0.15) is 6.92 Å². The highest BCUT2D eigenvalue weighted by Crippen LogP contribution is 2.32. The molecule has 1 heterocycles. The van der Waals surface area contributed by atoms with E-state index < -0.39 is 10.0 Å². The molecule has 3 aromatic carbocycles. The van der Waals surface area contributed by atoms with Gasteiger partial charge < -0.3 is 10.2 Å². The lowest BCUT2D eigenvalue weighted by Gasteiger charge is -2.17. The summed E-state index contributed by atoms with van der Waals surface area (Å²) in [6.07, 6.45) is 0. The minimum Gasteiger partial charge on any atom is -0.377 e. The molecule has 154 valence electrons. The fourth-order valence-corrected chi connectivity index (χ4v) is 5.51. The van der Waals surface area contributed by atoms with Gasteiger partial charge in [0, 0.05) is 37.5 Å². The lowest BCUT2D eigenvalue weighted by molar-refractivity contribution is -0.114. The summed E-state index contributed by atoms with van der Waals surface area (Å²) in [6, 6.07) is 16.0. The summed E-state index contributed by atoms with van der Waals surface area (Å²) in [5, 5.41) is 4.64. The molecule has 0 aliphatic carbocycles. The zero-order chi connectivity index (χ0) is 21.5. The molecule has 0 fully saturated rings. The van der Waals surface area contributed by atoms with Crippen LogP contribution in [0.2, 0.25) is 0 Å². The van der Waals surface area contributed by atoms with Crippen LogP contribution in [0.5, 0.6) is 0 Å². The number of fused-ring (bicyclic) bond motifs is 2. The Morgan fingerprint density at radius 3 is 2.50 bits per heavy atom. The molecule has 9 heteroatoms. The van der Waals surface area contributed by atoms with Crippen LogP contribution < -0.4 is 14.9 Å². The number of carbonyl (C=O) groups is 1. The summed E-state index contributed by atoms with van der Waals surface area (Å²) in [7, 11) is 0.0313. The highest BCUT2D eigenvalue weighted by Gasteiger charge is 2.19. The van der Waals surface area contributed by atoms with Crippen LogP contribution in [0.25, 0.3) is 21.0 Å². The second-order valence-electron chi connectivity index (χ2n) is 7.01. The van der Waals surface area contributed by atoms with Crippen molar-refractivity contribution in [2.75, 3.05) is 29.0 Å². The van der Waals surface area contributed by atoms with Crippen molar-refractivity contribution in [1.29, 1.82) is 0 Å². The maximum absolute atomic E-state index is 13.2. The van der Waals surface area contributed by atoms with E-state index >= 15 is 0 Å². The fraction of sp³-hybridized carbons (Fsp3) is 0.143. The average molecular weight is 441 g/mol. The minimum atomic E-state index is -3.82. The number of hydrogen-bond donors (Lipinski definition) is 2. The van der Waals surface area contributed by atoms with Gasteiger partial charge in [0.25, 0.3) is 10.0 Å². The second kappa shape index (κ2) is 7.58. The van der Waals surface area contributed by atoms with Crippen molar-refractivity contribution in [3.8, 4) is 0 Å². The normalized spacial score (nSPS) is 11.6. The molecule has 0 aliphatic heterocycles. The second-order valence-corrected chi connectivity index (χ2v) is 9.69. The molecule has 4 aromatic rings. The predicted molar refractivity (Wildman–Crippen MR) is 123 cm³/mol. The smallest absolute Gasteiger partial charge is 0.262 e. The fourth-order valence-electron chi connectivity index (χ4n) is 3.29. The van der Waals surface area contributed by atoms with E-state index in [4.69, 9.17) is 0 Å². The van der Waals surface area contributed by atoms with Crippen LogP contribution in [0.15, 0.2) is 59.5 Å². The van der Waals surface area contributed by atoms with Gasteiger partial charge in [-0.1, -0.05) is 35.6 Å². The first-order valence-electron chi connectivity index (χ1n) is 9.15. The number of benzene rings is 3. The summed E-state index contributed by atoms with van der Waals surface area (Å²) in [4.78, 5) is 17.7. The largest absolute Gasteiger partial charge is 0.377 e. The number of nitrogens with one attached hydrogen (secondary N) is 2. The summed E-state index contributed by atoms with van der Waals surface area (Å²) < 4.78 is 29.8. The van der Waals surface area contributed by atoms with Crippen molar-refractivity contribution in [3.05, 3.63) is 54.6 Å². The Kier molecular flexibility index (Phi) is 5.08. The van der Waals surface area contributed by atoms with E-state index in [1.165, 1.54) is 18.3 Å². The van der Waals surface area contributed by atoms with E-state index in [9.17, 15) is 13.2 Å². The van der Waals surface area contributed by atoms with Crippen molar-refractivity contribution >= 4 is 64.8 Å². The molecular formula is C21H20N4O3S2. The molecule has 0 saturated carbocycles. The zero-order valence-corrected chi connectivity index (χ0v) is 18.3. The third-order valence-corrected chi connectivity index (χ3v) is 6.93. The molecule has 1 amide bonds. The molecule has 0 atom stereocenters. The molecule has 7 nitrogen and oxygen atoms in total. The molecule has 2 N–H and O–H groups in total. The van der Waals surface area contributed by atoms with E-state index in [0.717, 1.165) is 15.8 Å². The van der Waals surface area contributed by atoms with Crippen molar-refractivity contribution in [2.45, 2.75) is 11.8 Å². The monoisotopic (exact) mass is 440 g/mol. The van der Waals surface area contributed by atoms with Gasteiger partial charge >= 0.3 is 0 Å². The first-order chi connectivity index (χ1) is 14.2. The van der Waals surface area contributed by atoms with E-state index in [1.807, 2.05) is 43.3 Å². The maximum Gasteiger partial charge on any atom is 0.262 e. The van der Waals surface area contributed by atoms with Gasteiger partial charge in [-0.25, -0.2) is 13.4 Å². The SMILES string of the molecule is CC(=O)Nc1nc2ccc(NS(=O)(=O)c3cccc4c(N(C)C)cccc34)cc2s1. The Bertz CT molecular complexity index is 1380. The van der Waals surface area contributed by atoms with Crippen LogP contribution in [0.4, 0.5) is 16.5 Å². The molecule has 0 aliphatic rings. The average Bonchev–Trinajstić information content (AvgIpc) is 3.07. The summed E-state index contributed by atoms with van der Waals surface area (Å²) in [5.41, 5.74) is 2.06. The molecule has 0 unspecified atom stereocenters. The zero-order valence-electron chi connectivity index (χ0n) is 16.6. The number of carbonyl (C=O) groups excluding carboxylic acids is 1. The number of hydrogen-bond acceptors (Lipinski definition) is 6. The highest BCUT2D eigenvalue weighted by molar-refractivity contribution is 7.93.